The van der Waals surface area contributed by atoms with E-state index >= 15 is 0 Å². The largest absolute Gasteiger partial charge is 0.294 e. The SMILES string of the molecule is Cc1ccc(C(=O)CN2CCSC(C)(C)C2)c(C)c1. The Morgan fingerprint density at radius 1 is 1.37 bits per heavy atom. The highest BCUT2D eigenvalue weighted by atomic mass is 32.2. The predicted octanol–water partition coefficient (Wildman–Crippen LogP) is 3.31. The van der Waals surface area contributed by atoms with E-state index in [1.54, 1.807) is 0 Å². The summed E-state index contributed by atoms with van der Waals surface area (Å²) in [5.41, 5.74) is 3.18. The molecule has 0 amide bonds. The van der Waals surface area contributed by atoms with Gasteiger partial charge in [-0.25, -0.2) is 0 Å². The molecule has 3 heteroatoms. The number of ketones is 1. The van der Waals surface area contributed by atoms with Crippen LogP contribution in [0.1, 0.15) is 35.3 Å². The van der Waals surface area contributed by atoms with Gasteiger partial charge in [-0.15, -0.1) is 0 Å². The highest BCUT2D eigenvalue weighted by Gasteiger charge is 2.28. The van der Waals surface area contributed by atoms with Crippen LogP contribution in [0.4, 0.5) is 0 Å². The van der Waals surface area contributed by atoms with E-state index < -0.39 is 0 Å². The smallest absolute Gasteiger partial charge is 0.177 e. The van der Waals surface area contributed by atoms with Crippen LogP contribution in [0.3, 0.4) is 0 Å². The molecule has 0 spiro atoms. The minimum Gasteiger partial charge on any atom is -0.294 e. The number of carbonyl (C=O) groups excluding carboxylic acids is 1. The zero-order valence-corrected chi connectivity index (χ0v) is 13.1. The van der Waals surface area contributed by atoms with Crippen LogP contribution in [0.5, 0.6) is 0 Å². The highest BCUT2D eigenvalue weighted by molar-refractivity contribution is 8.00. The molecule has 0 atom stereocenters. The molecule has 1 fully saturated rings. The Hall–Kier alpha value is -0.800. The molecule has 0 aromatic heterocycles. The van der Waals surface area contributed by atoms with E-state index in [-0.39, 0.29) is 10.5 Å². The molecule has 1 aromatic rings. The molecule has 1 heterocycles. The lowest BCUT2D eigenvalue weighted by Gasteiger charge is -2.37. The van der Waals surface area contributed by atoms with E-state index in [2.05, 4.69) is 31.7 Å². The Kier molecular flexibility index (Phi) is 4.36. The molecule has 19 heavy (non-hydrogen) atoms. The first-order valence-corrected chi connectivity index (χ1v) is 7.83. The van der Waals surface area contributed by atoms with Crippen molar-refractivity contribution in [1.82, 2.24) is 4.90 Å². The van der Waals surface area contributed by atoms with Gasteiger partial charge in [0.05, 0.1) is 6.54 Å². The average Bonchev–Trinajstić information content (AvgIpc) is 2.27. The van der Waals surface area contributed by atoms with Crippen LogP contribution in [0.15, 0.2) is 18.2 Å². The minimum atomic E-state index is 0.250. The number of hydrogen-bond donors (Lipinski definition) is 0. The number of nitrogens with zero attached hydrogens (tertiary/aromatic N) is 1. The molecule has 0 unspecified atom stereocenters. The maximum Gasteiger partial charge on any atom is 0.177 e. The number of benzene rings is 1. The van der Waals surface area contributed by atoms with Crippen molar-refractivity contribution in [3.63, 3.8) is 0 Å². The van der Waals surface area contributed by atoms with Crippen molar-refractivity contribution < 1.29 is 4.79 Å². The second-order valence-corrected chi connectivity index (χ2v) is 7.86. The van der Waals surface area contributed by atoms with Crippen molar-refractivity contribution in [2.45, 2.75) is 32.4 Å². The number of aryl methyl sites for hydroxylation is 2. The maximum atomic E-state index is 12.4. The fourth-order valence-electron chi connectivity index (χ4n) is 2.66. The lowest BCUT2D eigenvalue weighted by atomic mass is 10.0. The van der Waals surface area contributed by atoms with Crippen LogP contribution >= 0.6 is 11.8 Å². The van der Waals surface area contributed by atoms with Gasteiger partial charge in [-0.1, -0.05) is 23.8 Å². The van der Waals surface area contributed by atoms with Gasteiger partial charge in [-0.2, -0.15) is 11.8 Å². The molecule has 0 radical (unpaired) electrons. The van der Waals surface area contributed by atoms with Crippen molar-refractivity contribution in [2.75, 3.05) is 25.4 Å². The first-order valence-electron chi connectivity index (χ1n) is 6.84. The summed E-state index contributed by atoms with van der Waals surface area (Å²) in [6, 6.07) is 6.08. The van der Waals surface area contributed by atoms with Crippen LogP contribution in [0, 0.1) is 13.8 Å². The van der Waals surface area contributed by atoms with Gasteiger partial charge in [0.2, 0.25) is 0 Å². The lowest BCUT2D eigenvalue weighted by Crippen LogP contribution is -2.45. The van der Waals surface area contributed by atoms with Crippen molar-refractivity contribution in [3.05, 3.63) is 34.9 Å². The summed E-state index contributed by atoms with van der Waals surface area (Å²) < 4.78 is 0.265. The molecule has 1 aliphatic heterocycles. The molecule has 1 aliphatic rings. The van der Waals surface area contributed by atoms with Crippen molar-refractivity contribution in [3.8, 4) is 0 Å². The van der Waals surface area contributed by atoms with Crippen LogP contribution in [-0.4, -0.2) is 40.8 Å². The van der Waals surface area contributed by atoms with Gasteiger partial charge in [-0.05, 0) is 33.3 Å². The third-order valence-corrected chi connectivity index (χ3v) is 4.85. The van der Waals surface area contributed by atoms with Crippen molar-refractivity contribution >= 4 is 17.5 Å². The van der Waals surface area contributed by atoms with Crippen LogP contribution in [-0.2, 0) is 0 Å². The molecule has 0 aliphatic carbocycles. The van der Waals surface area contributed by atoms with E-state index in [9.17, 15) is 4.79 Å². The fraction of sp³-hybridized carbons (Fsp3) is 0.562. The molecule has 104 valence electrons. The third-order valence-electron chi connectivity index (χ3n) is 3.55. The summed E-state index contributed by atoms with van der Waals surface area (Å²) in [5, 5.41) is 0. The van der Waals surface area contributed by atoms with E-state index in [1.165, 1.54) is 5.56 Å². The van der Waals surface area contributed by atoms with E-state index in [0.29, 0.717) is 6.54 Å². The van der Waals surface area contributed by atoms with Crippen molar-refractivity contribution in [2.24, 2.45) is 0 Å². The van der Waals surface area contributed by atoms with Gasteiger partial charge in [0.25, 0.3) is 0 Å². The van der Waals surface area contributed by atoms with Gasteiger partial charge in [-0.3, -0.25) is 9.69 Å². The molecule has 2 nitrogen and oxygen atoms in total. The quantitative estimate of drug-likeness (QED) is 0.791. The average molecular weight is 277 g/mol. The second kappa shape index (κ2) is 5.68. The summed E-state index contributed by atoms with van der Waals surface area (Å²) >= 11 is 2.00. The number of carbonyl (C=O) groups is 1. The molecular formula is C16H23NOS. The van der Waals surface area contributed by atoms with Gasteiger partial charge >= 0.3 is 0 Å². The van der Waals surface area contributed by atoms with Gasteiger partial charge < -0.3 is 0 Å². The number of hydrogen-bond acceptors (Lipinski definition) is 3. The summed E-state index contributed by atoms with van der Waals surface area (Å²) in [7, 11) is 0. The topological polar surface area (TPSA) is 20.3 Å². The van der Waals surface area contributed by atoms with Crippen LogP contribution in [0.2, 0.25) is 0 Å². The van der Waals surface area contributed by atoms with Crippen LogP contribution in [0.25, 0.3) is 0 Å². The maximum absolute atomic E-state index is 12.4. The molecule has 0 bridgehead atoms. The van der Waals surface area contributed by atoms with E-state index in [1.807, 2.05) is 30.8 Å². The summed E-state index contributed by atoms with van der Waals surface area (Å²) in [6.07, 6.45) is 0. The van der Waals surface area contributed by atoms with Gasteiger partial charge in [0, 0.05) is 29.2 Å². The molecule has 2 rings (SSSR count). The number of rotatable bonds is 3. The zero-order chi connectivity index (χ0) is 14.0. The first-order chi connectivity index (χ1) is 8.87. The Morgan fingerprint density at radius 2 is 2.11 bits per heavy atom. The monoisotopic (exact) mass is 277 g/mol. The van der Waals surface area contributed by atoms with E-state index in [0.717, 1.165) is 30.0 Å². The molecule has 0 saturated carbocycles. The lowest BCUT2D eigenvalue weighted by molar-refractivity contribution is 0.0927. The second-order valence-electron chi connectivity index (χ2n) is 6.06. The molecule has 0 N–H and O–H groups in total. The normalized spacial score (nSPS) is 19.4. The molecular weight excluding hydrogens is 254 g/mol. The molecule has 1 saturated heterocycles. The predicted molar refractivity (Wildman–Crippen MR) is 83.2 cm³/mol. The van der Waals surface area contributed by atoms with Gasteiger partial charge in [0.15, 0.2) is 5.78 Å². The Bertz CT molecular complexity index is 482. The Morgan fingerprint density at radius 3 is 2.74 bits per heavy atom. The standard InChI is InChI=1S/C16H23NOS/c1-12-5-6-14(13(2)9-12)15(18)10-17-7-8-19-16(3,4)11-17/h5-6,9H,7-8,10-11H2,1-4H3. The van der Waals surface area contributed by atoms with Crippen molar-refractivity contribution in [1.29, 1.82) is 0 Å². The fourth-order valence-corrected chi connectivity index (χ4v) is 3.84. The van der Waals surface area contributed by atoms with E-state index in [4.69, 9.17) is 0 Å². The highest BCUT2D eigenvalue weighted by Crippen LogP contribution is 2.29. The number of thioether (sulfide) groups is 1. The molecule has 1 aromatic carbocycles. The Labute approximate surface area is 120 Å². The summed E-state index contributed by atoms with van der Waals surface area (Å²) in [6.45, 7) is 11.2. The van der Waals surface area contributed by atoms with Gasteiger partial charge in [0.1, 0.15) is 0 Å². The Balaban J connectivity index is 2.04. The van der Waals surface area contributed by atoms with Crippen LogP contribution < -0.4 is 0 Å². The first kappa shape index (κ1) is 14.6. The summed E-state index contributed by atoms with van der Waals surface area (Å²) in [4.78, 5) is 14.7. The third kappa shape index (κ3) is 3.83. The zero-order valence-electron chi connectivity index (χ0n) is 12.3. The summed E-state index contributed by atoms with van der Waals surface area (Å²) in [5.74, 6) is 1.37. The number of Topliss-reactive ketones (excluding diaryl/α,β-unsaturated/α-hetero) is 1. The minimum absolute atomic E-state index is 0.250.